The molecule has 0 saturated carbocycles. The number of thioether (sulfide) groups is 1. The fourth-order valence-electron chi connectivity index (χ4n) is 5.70. The lowest BCUT2D eigenvalue weighted by Gasteiger charge is -2.17. The third-order valence-corrected chi connectivity index (χ3v) is 12.1. The van der Waals surface area contributed by atoms with E-state index < -0.39 is 15.9 Å². The lowest BCUT2D eigenvalue weighted by Crippen LogP contribution is -2.38. The number of unbranched alkanes of at least 4 members (excludes halogenated alkanes) is 1. The molecule has 0 spiro atoms. The third-order valence-electron chi connectivity index (χ3n) is 7.89. The molecule has 5 aromatic rings. The van der Waals surface area contributed by atoms with Crippen LogP contribution in [0.3, 0.4) is 0 Å². The van der Waals surface area contributed by atoms with Crippen molar-refractivity contribution in [1.82, 2.24) is 4.57 Å². The zero-order chi connectivity index (χ0) is 33.7. The largest absolute Gasteiger partial charge is 0.748 e. The third kappa shape index (κ3) is 7.50. The molecule has 0 aliphatic carbocycles. The van der Waals surface area contributed by atoms with Crippen LogP contribution in [0.15, 0.2) is 118 Å². The molecule has 0 unspecified atom stereocenters. The van der Waals surface area contributed by atoms with E-state index in [0.717, 1.165) is 42.9 Å². The molecule has 1 aliphatic heterocycles. The molecule has 0 N–H and O–H groups in total. The summed E-state index contributed by atoms with van der Waals surface area (Å²) in [7, 11) is -4.31. The second kappa shape index (κ2) is 15.0. The van der Waals surface area contributed by atoms with Gasteiger partial charge in [0.2, 0.25) is 5.69 Å². The van der Waals surface area contributed by atoms with E-state index in [-0.39, 0.29) is 12.0 Å². The maximum absolute atomic E-state index is 13.8. The van der Waals surface area contributed by atoms with E-state index in [1.165, 1.54) is 21.9 Å². The van der Waals surface area contributed by atoms with E-state index in [9.17, 15) is 17.8 Å². The fraction of sp³-hybridized carbons (Fsp3) is 0.189. The summed E-state index contributed by atoms with van der Waals surface area (Å²) < 4.78 is 39.5. The van der Waals surface area contributed by atoms with Crippen LogP contribution in [-0.2, 0) is 23.2 Å². The summed E-state index contributed by atoms with van der Waals surface area (Å²) in [5, 5.41) is 1.99. The van der Waals surface area contributed by atoms with Gasteiger partial charge in [0, 0.05) is 35.7 Å². The molecule has 0 radical (unpaired) electrons. The SMILES string of the molecule is C=CCn1c(=Cc2sc(-c3ccccc3)c(-c3ccccc3)[n+]2CCCCS(=O)(=O)[O-])sc(=CC=C2Sc3ccccc3N2CC)c1=O. The van der Waals surface area contributed by atoms with Crippen molar-refractivity contribution in [2.75, 3.05) is 17.2 Å². The van der Waals surface area contributed by atoms with Gasteiger partial charge in [-0.3, -0.25) is 9.36 Å². The molecule has 1 aliphatic rings. The van der Waals surface area contributed by atoms with Crippen LogP contribution < -0.4 is 24.2 Å². The first-order valence-electron chi connectivity index (χ1n) is 15.7. The lowest BCUT2D eigenvalue weighted by molar-refractivity contribution is -0.683. The normalized spacial score (nSPS) is 14.6. The van der Waals surface area contributed by atoms with Crippen molar-refractivity contribution in [2.45, 2.75) is 37.8 Å². The topological polar surface area (TPSA) is 86.3 Å². The summed E-state index contributed by atoms with van der Waals surface area (Å²) in [4.78, 5) is 18.3. The van der Waals surface area contributed by atoms with Crippen molar-refractivity contribution >= 4 is 62.4 Å². The Labute approximate surface area is 292 Å². The van der Waals surface area contributed by atoms with E-state index in [4.69, 9.17) is 0 Å². The van der Waals surface area contributed by atoms with Gasteiger partial charge in [-0.2, -0.15) is 4.57 Å². The molecular formula is C37H35N3O4S4. The van der Waals surface area contributed by atoms with Crippen LogP contribution in [0.1, 0.15) is 24.8 Å². The van der Waals surface area contributed by atoms with Crippen LogP contribution >= 0.6 is 34.4 Å². The first-order chi connectivity index (χ1) is 23.3. The highest BCUT2D eigenvalue weighted by Crippen LogP contribution is 2.45. The Hall–Kier alpha value is -4.00. The van der Waals surface area contributed by atoms with Gasteiger partial charge >= 0.3 is 0 Å². The highest BCUT2D eigenvalue weighted by molar-refractivity contribution is 8.03. The van der Waals surface area contributed by atoms with Crippen LogP contribution in [0.5, 0.6) is 0 Å². The van der Waals surface area contributed by atoms with Crippen molar-refractivity contribution in [3.63, 3.8) is 0 Å². The Morgan fingerprint density at radius 1 is 0.896 bits per heavy atom. The maximum Gasteiger partial charge on any atom is 0.269 e. The van der Waals surface area contributed by atoms with Gasteiger partial charge in [-0.25, -0.2) is 8.42 Å². The number of benzene rings is 3. The molecule has 0 amide bonds. The Morgan fingerprint density at radius 3 is 2.27 bits per heavy atom. The second-order valence-corrected chi connectivity index (χ2v) is 15.8. The predicted molar refractivity (Wildman–Crippen MR) is 199 cm³/mol. The number of fused-ring (bicyclic) bond motifs is 1. The van der Waals surface area contributed by atoms with Gasteiger partial charge in [0.1, 0.15) is 9.54 Å². The number of hydrogen-bond donors (Lipinski definition) is 0. The summed E-state index contributed by atoms with van der Waals surface area (Å²) in [5.74, 6) is -0.402. The van der Waals surface area contributed by atoms with E-state index in [0.29, 0.717) is 24.0 Å². The number of allylic oxidation sites excluding steroid dienone is 2. The molecule has 11 heteroatoms. The standard InChI is InChI=1S/C37H35N3O4S4/c1-3-23-40-34(46-31(37(40)41)21-22-32-38(4-2)29-19-11-12-20-30(29)45-32)26-33-39(24-13-14-25-48(42,43)44)35(27-15-7-5-8-16-27)36(47-33)28-17-9-6-10-18-28/h3,5-12,15-22,26H,1,4,13-14,23-25H2,2H3. The first-order valence-corrected chi connectivity index (χ1v) is 19.7. The fourth-order valence-corrected chi connectivity index (χ4v) is 9.71. The van der Waals surface area contributed by atoms with E-state index in [1.54, 1.807) is 33.7 Å². The first kappa shape index (κ1) is 33.9. The minimum atomic E-state index is -4.31. The molecule has 0 atom stereocenters. The molecule has 6 rings (SSSR count). The molecule has 0 fully saturated rings. The minimum Gasteiger partial charge on any atom is -0.748 e. The monoisotopic (exact) mass is 713 g/mol. The number of thiazole rings is 2. The van der Waals surface area contributed by atoms with Crippen LogP contribution in [0, 0.1) is 0 Å². The average Bonchev–Trinajstić information content (AvgIpc) is 3.73. The van der Waals surface area contributed by atoms with Gasteiger partial charge in [-0.15, -0.1) is 17.9 Å². The Morgan fingerprint density at radius 2 is 1.58 bits per heavy atom. The molecule has 7 nitrogen and oxygen atoms in total. The van der Waals surface area contributed by atoms with Gasteiger partial charge in [0.15, 0.2) is 6.54 Å². The Bertz CT molecular complexity index is 2250. The zero-order valence-corrected chi connectivity index (χ0v) is 29.7. The highest BCUT2D eigenvalue weighted by atomic mass is 32.2. The van der Waals surface area contributed by atoms with Crippen LogP contribution in [0.2, 0.25) is 0 Å². The van der Waals surface area contributed by atoms with E-state index in [1.807, 2.05) is 66.8 Å². The highest BCUT2D eigenvalue weighted by Gasteiger charge is 2.28. The van der Waals surface area contributed by atoms with Gasteiger partial charge < -0.3 is 9.45 Å². The average molecular weight is 714 g/mol. The number of para-hydroxylation sites is 1. The molecule has 3 aromatic carbocycles. The molecule has 48 heavy (non-hydrogen) atoms. The zero-order valence-electron chi connectivity index (χ0n) is 26.4. The van der Waals surface area contributed by atoms with Crippen molar-refractivity contribution in [1.29, 1.82) is 0 Å². The molecule has 3 heterocycles. The molecule has 2 aromatic heterocycles. The molecule has 0 bridgehead atoms. The van der Waals surface area contributed by atoms with Gasteiger partial charge in [0.25, 0.3) is 10.6 Å². The Balaban J connectivity index is 1.50. The van der Waals surface area contributed by atoms with Gasteiger partial charge in [-0.1, -0.05) is 89.8 Å². The Kier molecular flexibility index (Phi) is 10.6. The summed E-state index contributed by atoms with van der Waals surface area (Å²) >= 11 is 4.76. The smallest absolute Gasteiger partial charge is 0.269 e. The van der Waals surface area contributed by atoms with Gasteiger partial charge in [-0.05, 0) is 55.3 Å². The van der Waals surface area contributed by atoms with Crippen molar-refractivity contribution in [2.24, 2.45) is 0 Å². The number of rotatable bonds is 12. The maximum atomic E-state index is 13.8. The van der Waals surface area contributed by atoms with Gasteiger partial charge in [0.05, 0.1) is 31.4 Å². The number of anilines is 1. The van der Waals surface area contributed by atoms with E-state index in [2.05, 4.69) is 59.4 Å². The number of nitrogens with zero attached hydrogens (tertiary/aromatic N) is 3. The lowest BCUT2D eigenvalue weighted by atomic mass is 10.1. The van der Waals surface area contributed by atoms with Crippen molar-refractivity contribution in [3.05, 3.63) is 133 Å². The van der Waals surface area contributed by atoms with Crippen molar-refractivity contribution in [3.8, 4) is 21.7 Å². The summed E-state index contributed by atoms with van der Waals surface area (Å²) in [5.41, 5.74) is 4.18. The van der Waals surface area contributed by atoms with E-state index >= 15 is 0 Å². The second-order valence-electron chi connectivity index (χ2n) is 11.1. The molecular weight excluding hydrogens is 679 g/mol. The van der Waals surface area contributed by atoms with Crippen molar-refractivity contribution < 1.29 is 17.5 Å². The van der Waals surface area contributed by atoms with Crippen LogP contribution in [0.4, 0.5) is 5.69 Å². The van der Waals surface area contributed by atoms with Crippen LogP contribution in [0.25, 0.3) is 33.9 Å². The van der Waals surface area contributed by atoms with Crippen LogP contribution in [-0.4, -0.2) is 29.8 Å². The summed E-state index contributed by atoms with van der Waals surface area (Å²) in [6.07, 6.45) is 8.48. The summed E-state index contributed by atoms with van der Waals surface area (Å²) in [6.45, 7) is 7.71. The minimum absolute atomic E-state index is 0.0816. The molecule has 246 valence electrons. The predicted octanol–water partition coefficient (Wildman–Crippen LogP) is 6.19. The quantitative estimate of drug-likeness (QED) is 0.0664. The number of aromatic nitrogens is 2. The summed E-state index contributed by atoms with van der Waals surface area (Å²) in [6, 6.07) is 28.6. The molecule has 0 saturated heterocycles. The number of hydrogen-bond acceptors (Lipinski definition) is 8.